The molecule has 9 heteroatoms. The second kappa shape index (κ2) is 8.11. The fourth-order valence-corrected chi connectivity index (χ4v) is 4.39. The smallest absolute Gasteiger partial charge is 0.354 e. The second-order valence-corrected chi connectivity index (χ2v) is 16.0. The SMILES string of the molecule is CCCC1OC(C2CC3CCC2C3)C(F)(F)C(O)(C(F)(F)F)O1.C[Si](C)(C)C. The molecular formula is C19H33F5O3Si. The van der Waals surface area contributed by atoms with Crippen LogP contribution in [0.1, 0.15) is 45.4 Å². The van der Waals surface area contributed by atoms with E-state index in [-0.39, 0.29) is 18.3 Å². The number of alkyl halides is 5. The summed E-state index contributed by atoms with van der Waals surface area (Å²) < 4.78 is 78.2. The topological polar surface area (TPSA) is 38.7 Å². The average molecular weight is 433 g/mol. The Hall–Kier alpha value is -0.253. The molecule has 2 bridgehead atoms. The zero-order valence-corrected chi connectivity index (χ0v) is 18.3. The molecule has 2 aliphatic carbocycles. The quantitative estimate of drug-likeness (QED) is 0.452. The van der Waals surface area contributed by atoms with Crippen molar-refractivity contribution in [2.45, 2.75) is 102 Å². The number of aliphatic hydroxyl groups is 1. The molecule has 0 radical (unpaired) electrons. The van der Waals surface area contributed by atoms with Crippen molar-refractivity contribution < 1.29 is 36.5 Å². The average Bonchev–Trinajstić information content (AvgIpc) is 3.11. The third kappa shape index (κ3) is 4.90. The molecule has 3 nitrogen and oxygen atoms in total. The highest BCUT2D eigenvalue weighted by molar-refractivity contribution is 6.74. The lowest BCUT2D eigenvalue weighted by atomic mass is 9.79. The van der Waals surface area contributed by atoms with E-state index in [1.54, 1.807) is 6.92 Å². The van der Waals surface area contributed by atoms with E-state index in [0.29, 0.717) is 12.8 Å². The Morgan fingerprint density at radius 1 is 1.07 bits per heavy atom. The Morgan fingerprint density at radius 2 is 1.64 bits per heavy atom. The number of ether oxygens (including phenoxy) is 2. The van der Waals surface area contributed by atoms with Crippen LogP contribution in [0.4, 0.5) is 22.0 Å². The van der Waals surface area contributed by atoms with Crippen molar-refractivity contribution in [3.05, 3.63) is 0 Å². The van der Waals surface area contributed by atoms with Crippen LogP contribution >= 0.6 is 0 Å². The van der Waals surface area contributed by atoms with Gasteiger partial charge in [0.1, 0.15) is 6.10 Å². The fourth-order valence-electron chi connectivity index (χ4n) is 4.39. The van der Waals surface area contributed by atoms with Crippen LogP contribution in [-0.2, 0) is 9.47 Å². The van der Waals surface area contributed by atoms with Crippen molar-refractivity contribution in [2.75, 3.05) is 0 Å². The van der Waals surface area contributed by atoms with Gasteiger partial charge in [0.05, 0.1) is 0 Å². The van der Waals surface area contributed by atoms with Gasteiger partial charge in [-0.2, -0.15) is 22.0 Å². The third-order valence-electron chi connectivity index (χ3n) is 5.50. The normalized spacial score (nSPS) is 40.2. The number of halogens is 5. The van der Waals surface area contributed by atoms with Crippen LogP contribution in [0.3, 0.4) is 0 Å². The first kappa shape index (κ1) is 24.0. The van der Waals surface area contributed by atoms with E-state index in [1.165, 1.54) is 0 Å². The summed E-state index contributed by atoms with van der Waals surface area (Å²) in [5.74, 6) is -9.49. The summed E-state index contributed by atoms with van der Waals surface area (Å²) in [6, 6.07) is 0. The molecule has 28 heavy (non-hydrogen) atoms. The molecule has 0 aromatic heterocycles. The second-order valence-electron chi connectivity index (χ2n) is 10.00. The zero-order valence-electron chi connectivity index (χ0n) is 17.3. The molecule has 1 saturated heterocycles. The number of hydrogen-bond donors (Lipinski definition) is 1. The van der Waals surface area contributed by atoms with Crippen molar-refractivity contribution in [1.29, 1.82) is 0 Å². The maximum absolute atomic E-state index is 14.6. The first-order valence-electron chi connectivity index (χ1n) is 10.1. The summed E-state index contributed by atoms with van der Waals surface area (Å²) in [5, 5.41) is 9.76. The Balaban J connectivity index is 0.000000500. The van der Waals surface area contributed by atoms with Gasteiger partial charge in [0.2, 0.25) is 0 Å². The maximum atomic E-state index is 14.6. The van der Waals surface area contributed by atoms with Gasteiger partial charge in [-0.15, -0.1) is 0 Å². The molecule has 2 saturated carbocycles. The summed E-state index contributed by atoms with van der Waals surface area (Å²) in [5.41, 5.74) is 0. The minimum absolute atomic E-state index is 0.0196. The van der Waals surface area contributed by atoms with Crippen LogP contribution in [0.2, 0.25) is 26.2 Å². The number of rotatable bonds is 3. The van der Waals surface area contributed by atoms with Crippen molar-refractivity contribution in [3.63, 3.8) is 0 Å². The van der Waals surface area contributed by atoms with Gasteiger partial charge in [0.15, 0.2) is 6.29 Å². The Bertz CT molecular complexity index is 531. The first-order valence-corrected chi connectivity index (χ1v) is 14.1. The van der Waals surface area contributed by atoms with E-state index in [2.05, 4.69) is 30.9 Å². The summed E-state index contributed by atoms with van der Waals surface area (Å²) >= 11 is 0. The zero-order chi connectivity index (χ0) is 21.5. The molecule has 0 amide bonds. The Morgan fingerprint density at radius 3 is 2.04 bits per heavy atom. The van der Waals surface area contributed by atoms with Crippen molar-refractivity contribution in [2.24, 2.45) is 17.8 Å². The molecule has 1 heterocycles. The van der Waals surface area contributed by atoms with Crippen molar-refractivity contribution in [1.82, 2.24) is 0 Å². The van der Waals surface area contributed by atoms with Crippen molar-refractivity contribution in [3.8, 4) is 0 Å². The van der Waals surface area contributed by atoms with Gasteiger partial charge in [0, 0.05) is 8.07 Å². The lowest BCUT2D eigenvalue weighted by Crippen LogP contribution is -2.71. The Kier molecular flexibility index (Phi) is 6.96. The van der Waals surface area contributed by atoms with E-state index in [4.69, 9.17) is 4.74 Å². The van der Waals surface area contributed by atoms with E-state index in [9.17, 15) is 27.1 Å². The largest absolute Gasteiger partial charge is 0.449 e. The molecule has 166 valence electrons. The molecule has 0 spiro atoms. The summed E-state index contributed by atoms with van der Waals surface area (Å²) in [7, 11) is -0.611. The molecule has 1 N–H and O–H groups in total. The number of fused-ring (bicyclic) bond motifs is 2. The highest BCUT2D eigenvalue weighted by Gasteiger charge is 2.78. The van der Waals surface area contributed by atoms with Gasteiger partial charge in [-0.3, -0.25) is 0 Å². The lowest BCUT2D eigenvalue weighted by Gasteiger charge is -2.49. The molecule has 3 fully saturated rings. The molecule has 3 rings (SSSR count). The van der Waals surface area contributed by atoms with Gasteiger partial charge in [-0.1, -0.05) is 46.0 Å². The molecule has 3 aliphatic rings. The van der Waals surface area contributed by atoms with Gasteiger partial charge in [0.25, 0.3) is 0 Å². The van der Waals surface area contributed by atoms with Gasteiger partial charge < -0.3 is 14.6 Å². The Labute approximate surface area is 165 Å². The highest BCUT2D eigenvalue weighted by atomic mass is 28.3. The molecule has 0 aromatic carbocycles. The van der Waals surface area contributed by atoms with E-state index >= 15 is 0 Å². The van der Waals surface area contributed by atoms with Crippen molar-refractivity contribution >= 4 is 8.07 Å². The summed E-state index contributed by atoms with van der Waals surface area (Å²) in [6.07, 6.45) is -5.78. The van der Waals surface area contributed by atoms with E-state index in [1.807, 2.05) is 0 Å². The molecule has 6 unspecified atom stereocenters. The maximum Gasteiger partial charge on any atom is 0.449 e. The van der Waals surface area contributed by atoms with Crippen LogP contribution in [0.5, 0.6) is 0 Å². The van der Waals surface area contributed by atoms with E-state index < -0.39 is 44.3 Å². The highest BCUT2D eigenvalue weighted by Crippen LogP contribution is 2.57. The number of hydrogen-bond acceptors (Lipinski definition) is 3. The minimum atomic E-state index is -5.60. The third-order valence-corrected chi connectivity index (χ3v) is 5.50. The van der Waals surface area contributed by atoms with Crippen LogP contribution < -0.4 is 0 Å². The predicted molar refractivity (Wildman–Crippen MR) is 98.8 cm³/mol. The monoisotopic (exact) mass is 432 g/mol. The first-order chi connectivity index (χ1) is 12.6. The summed E-state index contributed by atoms with van der Waals surface area (Å²) in [4.78, 5) is 0. The fraction of sp³-hybridized carbons (Fsp3) is 1.00. The molecule has 6 atom stereocenters. The van der Waals surface area contributed by atoms with Crippen LogP contribution in [0, 0.1) is 17.8 Å². The standard InChI is InChI=1S/C15H21F5O3.C4H12Si/c1-2-3-11-22-12(10-7-8-4-5-9(10)6-8)13(16,17)14(21,23-11)15(18,19)20;1-5(2,3)4/h8-12,21H,2-7H2,1H3;1-4H3. The van der Waals surface area contributed by atoms with Gasteiger partial charge >= 0.3 is 17.9 Å². The molecule has 0 aromatic rings. The van der Waals surface area contributed by atoms with Crippen LogP contribution in [-0.4, -0.2) is 43.5 Å². The van der Waals surface area contributed by atoms with E-state index in [0.717, 1.165) is 19.3 Å². The van der Waals surface area contributed by atoms with Crippen LogP contribution in [0.15, 0.2) is 0 Å². The van der Waals surface area contributed by atoms with Gasteiger partial charge in [-0.25, -0.2) is 0 Å². The minimum Gasteiger partial charge on any atom is -0.354 e. The van der Waals surface area contributed by atoms with Crippen LogP contribution in [0.25, 0.3) is 0 Å². The lowest BCUT2D eigenvalue weighted by molar-refractivity contribution is -0.508. The molecule has 1 aliphatic heterocycles. The van der Waals surface area contributed by atoms with Gasteiger partial charge in [-0.05, 0) is 43.4 Å². The molecular weight excluding hydrogens is 399 g/mol. The predicted octanol–water partition coefficient (Wildman–Crippen LogP) is 5.80. The summed E-state index contributed by atoms with van der Waals surface area (Å²) in [6.45, 7) is 11.0.